The van der Waals surface area contributed by atoms with Crippen LogP contribution in [-0.2, 0) is 4.74 Å². The van der Waals surface area contributed by atoms with Crippen LogP contribution >= 0.6 is 12.4 Å². The quantitative estimate of drug-likeness (QED) is 0.322. The second-order valence-corrected chi connectivity index (χ2v) is 2.81. The fourth-order valence-corrected chi connectivity index (χ4v) is 1.12. The van der Waals surface area contributed by atoms with Crippen molar-refractivity contribution < 1.29 is 25.2 Å². The van der Waals surface area contributed by atoms with Crippen LogP contribution in [0.1, 0.15) is 0 Å². The molecule has 0 amide bonds. The van der Waals surface area contributed by atoms with Crippen molar-refractivity contribution in [1.29, 1.82) is 0 Å². The van der Waals surface area contributed by atoms with Gasteiger partial charge in [-0.1, -0.05) is 0 Å². The highest BCUT2D eigenvalue weighted by Gasteiger charge is 2.41. The summed E-state index contributed by atoms with van der Waals surface area (Å²) in [6.07, 6.45) is -4.85. The Morgan fingerprint density at radius 1 is 1.15 bits per heavy atom. The van der Waals surface area contributed by atoms with Gasteiger partial charge in [-0.2, -0.15) is 0 Å². The van der Waals surface area contributed by atoms with Gasteiger partial charge >= 0.3 is 0 Å². The van der Waals surface area contributed by atoms with E-state index in [1.807, 2.05) is 0 Å². The van der Waals surface area contributed by atoms with Gasteiger partial charge in [0.15, 0.2) is 6.29 Å². The molecule has 0 aromatic rings. The Kier molecular flexibility index (Phi) is 5.08. The summed E-state index contributed by atoms with van der Waals surface area (Å²) in [4.78, 5) is 0. The van der Waals surface area contributed by atoms with E-state index < -0.39 is 37.3 Å². The maximum Gasteiger partial charge on any atom is 0.173 e. The minimum Gasteiger partial charge on any atom is -0.394 e. The lowest BCUT2D eigenvalue weighted by atomic mass is 9.98. The average Bonchev–Trinajstić information content (AvgIpc) is 2.08. The number of aliphatic hydroxyl groups is 4. The molecule has 0 aliphatic carbocycles. The molecule has 1 aliphatic rings. The maximum atomic E-state index is 9.20. The number of nitrogens with two attached hydrogens (primary N) is 1. The summed E-state index contributed by atoms with van der Waals surface area (Å²) < 4.78 is 4.70. The Morgan fingerprint density at radius 3 is 2.15 bits per heavy atom. The normalized spacial score (nSPS) is 45.5. The van der Waals surface area contributed by atoms with Crippen molar-refractivity contribution >= 4 is 12.4 Å². The van der Waals surface area contributed by atoms with Crippen molar-refractivity contribution in [2.45, 2.75) is 30.6 Å². The Bertz CT molecular complexity index is 155. The fourth-order valence-electron chi connectivity index (χ4n) is 1.12. The minimum absolute atomic E-state index is 0. The molecule has 1 heterocycles. The molecule has 1 rings (SSSR count). The van der Waals surface area contributed by atoms with Crippen LogP contribution in [0.2, 0.25) is 0 Å². The molecule has 2 unspecified atom stereocenters. The van der Waals surface area contributed by atoms with Crippen LogP contribution in [-0.4, -0.2) is 57.7 Å². The molecule has 1 saturated heterocycles. The third-order valence-electron chi connectivity index (χ3n) is 1.95. The molecule has 0 aromatic carbocycles. The molecule has 0 radical (unpaired) electrons. The molecule has 6 nitrogen and oxygen atoms in total. The van der Waals surface area contributed by atoms with E-state index in [4.69, 9.17) is 20.7 Å². The number of rotatable bonds is 1. The van der Waals surface area contributed by atoms with E-state index in [9.17, 15) is 10.2 Å². The first-order valence-electron chi connectivity index (χ1n) is 3.64. The molecule has 0 aromatic heterocycles. The lowest BCUT2D eigenvalue weighted by molar-refractivity contribution is -0.248. The van der Waals surface area contributed by atoms with Crippen molar-refractivity contribution in [3.63, 3.8) is 0 Å². The second-order valence-electron chi connectivity index (χ2n) is 2.81. The lowest BCUT2D eigenvalue weighted by Gasteiger charge is -2.38. The number of aliphatic hydroxyl groups excluding tert-OH is 4. The topological polar surface area (TPSA) is 116 Å². The van der Waals surface area contributed by atoms with Crippen molar-refractivity contribution in [3.8, 4) is 0 Å². The molecule has 1 fully saturated rings. The summed E-state index contributed by atoms with van der Waals surface area (Å²) in [6, 6.07) is -1.04. The molecule has 13 heavy (non-hydrogen) atoms. The molecule has 80 valence electrons. The van der Waals surface area contributed by atoms with Crippen LogP contribution in [0.3, 0.4) is 0 Å². The number of hydrogen-bond acceptors (Lipinski definition) is 6. The van der Waals surface area contributed by atoms with Gasteiger partial charge in [0.2, 0.25) is 0 Å². The minimum atomic E-state index is -1.35. The van der Waals surface area contributed by atoms with E-state index in [0.29, 0.717) is 0 Å². The number of halogens is 1. The lowest BCUT2D eigenvalue weighted by Crippen LogP contribution is -2.61. The smallest absolute Gasteiger partial charge is 0.173 e. The Morgan fingerprint density at radius 2 is 1.69 bits per heavy atom. The fraction of sp³-hybridized carbons (Fsp3) is 1.00. The predicted molar refractivity (Wildman–Crippen MR) is 45.2 cm³/mol. The third-order valence-corrected chi connectivity index (χ3v) is 1.95. The van der Waals surface area contributed by atoms with Gasteiger partial charge in [-0.3, -0.25) is 0 Å². The molecule has 0 bridgehead atoms. The van der Waals surface area contributed by atoms with Crippen molar-refractivity contribution in [1.82, 2.24) is 0 Å². The molecular weight excluding hydrogens is 202 g/mol. The summed E-state index contributed by atoms with van der Waals surface area (Å²) in [5.41, 5.74) is 5.26. The summed E-state index contributed by atoms with van der Waals surface area (Å²) in [5, 5.41) is 36.1. The summed E-state index contributed by atoms with van der Waals surface area (Å²) in [5.74, 6) is 0. The number of hydrogen-bond donors (Lipinski definition) is 5. The predicted octanol–water partition coefficient (Wildman–Crippen LogP) is -2.83. The Hall–Kier alpha value is 0.0500. The van der Waals surface area contributed by atoms with Crippen molar-refractivity contribution in [2.75, 3.05) is 6.61 Å². The van der Waals surface area contributed by atoms with Crippen molar-refractivity contribution in [3.05, 3.63) is 0 Å². The summed E-state index contributed by atoms with van der Waals surface area (Å²) >= 11 is 0. The highest BCUT2D eigenvalue weighted by molar-refractivity contribution is 5.85. The first kappa shape index (κ1) is 13.1. The van der Waals surface area contributed by atoms with Crippen LogP contribution in [0.5, 0.6) is 0 Å². The molecule has 1 aliphatic heterocycles. The van der Waals surface area contributed by atoms with E-state index in [1.54, 1.807) is 0 Å². The van der Waals surface area contributed by atoms with E-state index >= 15 is 0 Å². The third kappa shape index (κ3) is 2.50. The van der Waals surface area contributed by atoms with Gasteiger partial charge in [0.05, 0.1) is 12.6 Å². The SMILES string of the molecule is Cl.NC1[C@@H](O)OC(CO)[C@@H](O)[C@H]1O. The van der Waals surface area contributed by atoms with Crippen LogP contribution < -0.4 is 5.73 Å². The zero-order valence-electron chi connectivity index (χ0n) is 6.78. The monoisotopic (exact) mass is 215 g/mol. The van der Waals surface area contributed by atoms with Gasteiger partial charge in [-0.05, 0) is 0 Å². The summed E-state index contributed by atoms with van der Waals surface area (Å²) in [6.45, 7) is -0.470. The van der Waals surface area contributed by atoms with Gasteiger partial charge in [0, 0.05) is 0 Å². The van der Waals surface area contributed by atoms with Gasteiger partial charge in [0.1, 0.15) is 18.3 Å². The van der Waals surface area contributed by atoms with Gasteiger partial charge in [-0.25, -0.2) is 0 Å². The van der Waals surface area contributed by atoms with Gasteiger partial charge in [-0.15, -0.1) is 12.4 Å². The van der Waals surface area contributed by atoms with Crippen molar-refractivity contribution in [2.24, 2.45) is 5.73 Å². The molecule has 6 N–H and O–H groups in total. The standard InChI is InChI=1S/C6H13NO5.ClH/c7-3-5(10)4(9)2(1-8)12-6(3)11;/h2-6,8-11H,1,7H2;1H/t2?,3?,4-,5+,6+;/m1./s1. The molecule has 7 heteroatoms. The van der Waals surface area contributed by atoms with E-state index in [-0.39, 0.29) is 12.4 Å². The highest BCUT2D eigenvalue weighted by Crippen LogP contribution is 2.17. The van der Waals surface area contributed by atoms with Crippen LogP contribution in [0.25, 0.3) is 0 Å². The van der Waals surface area contributed by atoms with Crippen LogP contribution in [0.4, 0.5) is 0 Å². The second kappa shape index (κ2) is 5.06. The highest BCUT2D eigenvalue weighted by atomic mass is 35.5. The first-order chi connectivity index (χ1) is 5.57. The maximum absolute atomic E-state index is 9.20. The summed E-state index contributed by atoms with van der Waals surface area (Å²) in [7, 11) is 0. The zero-order chi connectivity index (χ0) is 9.30. The van der Waals surface area contributed by atoms with Gasteiger partial charge < -0.3 is 30.9 Å². The van der Waals surface area contributed by atoms with E-state index in [2.05, 4.69) is 0 Å². The largest absolute Gasteiger partial charge is 0.394 e. The average molecular weight is 216 g/mol. The molecule has 5 atom stereocenters. The van der Waals surface area contributed by atoms with E-state index in [0.717, 1.165) is 0 Å². The zero-order valence-corrected chi connectivity index (χ0v) is 7.59. The molecular formula is C6H14ClNO5. The Balaban J connectivity index is 0.00000144. The Labute approximate surface area is 81.3 Å². The van der Waals surface area contributed by atoms with E-state index in [1.165, 1.54) is 0 Å². The van der Waals surface area contributed by atoms with Crippen LogP contribution in [0, 0.1) is 0 Å². The van der Waals surface area contributed by atoms with Crippen LogP contribution in [0.15, 0.2) is 0 Å². The van der Waals surface area contributed by atoms with Gasteiger partial charge in [0.25, 0.3) is 0 Å². The molecule has 0 spiro atoms. The first-order valence-corrected chi connectivity index (χ1v) is 3.64. The number of ether oxygens (including phenoxy) is 1. The molecule has 0 saturated carbocycles.